The summed E-state index contributed by atoms with van der Waals surface area (Å²) in [5, 5.41) is 8.55. The summed E-state index contributed by atoms with van der Waals surface area (Å²) in [5.41, 5.74) is 2.55. The van der Waals surface area contributed by atoms with Crippen LogP contribution in [0.4, 0.5) is 9.52 Å². The molecule has 8 heteroatoms. The summed E-state index contributed by atoms with van der Waals surface area (Å²) in [6.45, 7) is 0.671. The maximum Gasteiger partial charge on any atom is 0.214 e. The predicted molar refractivity (Wildman–Crippen MR) is 89.4 cm³/mol. The number of nitrogens with zero attached hydrogens (tertiary/aromatic N) is 3. The van der Waals surface area contributed by atoms with Crippen LogP contribution in [-0.4, -0.2) is 19.6 Å². The molecule has 3 heterocycles. The molecule has 2 N–H and O–H groups in total. The summed E-state index contributed by atoms with van der Waals surface area (Å²) < 4.78 is 14.9. The Balaban J connectivity index is 1.57. The number of imidazole rings is 1. The number of H-pyrrole nitrogens is 1. The largest absolute Gasteiger partial charge is 0.364 e. The van der Waals surface area contributed by atoms with Gasteiger partial charge >= 0.3 is 0 Å². The highest BCUT2D eigenvalue weighted by atomic mass is 35.5. The minimum absolute atomic E-state index is 0.0834. The molecule has 4 rings (SSSR count). The van der Waals surface area contributed by atoms with E-state index in [1.54, 1.807) is 22.8 Å². The van der Waals surface area contributed by atoms with E-state index >= 15 is 0 Å². The van der Waals surface area contributed by atoms with Crippen molar-refractivity contribution in [3.8, 4) is 11.3 Å². The van der Waals surface area contributed by atoms with Crippen LogP contribution in [0.5, 0.6) is 0 Å². The fraction of sp³-hybridized carbons (Fsp3) is 0.0667. The van der Waals surface area contributed by atoms with Gasteiger partial charge in [-0.15, -0.1) is 5.10 Å². The Morgan fingerprint density at radius 2 is 2.26 bits per heavy atom. The van der Waals surface area contributed by atoms with Crippen molar-refractivity contribution < 1.29 is 4.39 Å². The Kier molecular flexibility index (Phi) is 3.51. The maximum absolute atomic E-state index is 13.2. The number of aromatic nitrogens is 4. The predicted octanol–water partition coefficient (Wildman–Crippen LogP) is 4.19. The summed E-state index contributed by atoms with van der Waals surface area (Å²) in [6, 6.07) is 8.50. The first-order valence-corrected chi connectivity index (χ1v) is 8.06. The number of nitrogens with one attached hydrogen (secondary N) is 2. The van der Waals surface area contributed by atoms with Crippen molar-refractivity contribution in [1.29, 1.82) is 0 Å². The van der Waals surface area contributed by atoms with E-state index in [1.807, 2.05) is 18.3 Å². The molecule has 4 aromatic rings. The van der Waals surface area contributed by atoms with Gasteiger partial charge in [0.1, 0.15) is 5.82 Å². The molecule has 0 unspecified atom stereocenters. The van der Waals surface area contributed by atoms with Crippen LogP contribution in [0.15, 0.2) is 42.7 Å². The average Bonchev–Trinajstić information content (AvgIpc) is 3.22. The van der Waals surface area contributed by atoms with E-state index in [9.17, 15) is 4.39 Å². The third-order valence-electron chi connectivity index (χ3n) is 3.35. The Bertz CT molecular complexity index is 928. The number of anilines is 1. The molecular weight excluding hydrogens is 337 g/mol. The van der Waals surface area contributed by atoms with Gasteiger partial charge in [-0.25, -0.2) is 13.9 Å². The number of benzene rings is 1. The summed E-state index contributed by atoms with van der Waals surface area (Å²) in [5.74, 6) is -0.439. The fourth-order valence-electron chi connectivity index (χ4n) is 2.21. The van der Waals surface area contributed by atoms with E-state index in [0.717, 1.165) is 21.3 Å². The van der Waals surface area contributed by atoms with Crippen molar-refractivity contribution in [3.05, 3.63) is 59.3 Å². The van der Waals surface area contributed by atoms with Crippen molar-refractivity contribution in [2.75, 3.05) is 5.32 Å². The minimum Gasteiger partial charge on any atom is -0.364 e. The molecule has 0 radical (unpaired) electrons. The second-order valence-corrected chi connectivity index (χ2v) is 6.30. The smallest absolute Gasteiger partial charge is 0.214 e. The van der Waals surface area contributed by atoms with E-state index in [1.165, 1.54) is 17.4 Å². The normalized spacial score (nSPS) is 11.2. The molecule has 0 spiro atoms. The fourth-order valence-corrected chi connectivity index (χ4v) is 3.17. The molecule has 0 bridgehead atoms. The molecule has 1 aromatic carbocycles. The zero-order valence-corrected chi connectivity index (χ0v) is 13.3. The molecule has 0 fully saturated rings. The van der Waals surface area contributed by atoms with Gasteiger partial charge in [0.2, 0.25) is 10.1 Å². The first kappa shape index (κ1) is 14.2. The monoisotopic (exact) mass is 347 g/mol. The van der Waals surface area contributed by atoms with Crippen LogP contribution >= 0.6 is 22.9 Å². The van der Waals surface area contributed by atoms with Gasteiger partial charge in [-0.1, -0.05) is 22.9 Å². The molecular formula is C15H11ClFN5S. The lowest BCUT2D eigenvalue weighted by Crippen LogP contribution is -1.99. The van der Waals surface area contributed by atoms with Crippen molar-refractivity contribution in [2.45, 2.75) is 6.54 Å². The number of rotatable bonds is 4. The van der Waals surface area contributed by atoms with Crippen LogP contribution in [0.25, 0.3) is 16.2 Å². The van der Waals surface area contributed by atoms with Crippen LogP contribution in [0.1, 0.15) is 5.69 Å². The van der Waals surface area contributed by atoms with Gasteiger partial charge in [0.25, 0.3) is 0 Å². The van der Waals surface area contributed by atoms with Crippen molar-refractivity contribution >= 4 is 33.0 Å². The molecule has 0 aliphatic rings. The van der Waals surface area contributed by atoms with Crippen LogP contribution in [0, 0.1) is 5.82 Å². The molecule has 3 aromatic heterocycles. The van der Waals surface area contributed by atoms with Gasteiger partial charge in [0.05, 0.1) is 23.5 Å². The quantitative estimate of drug-likeness (QED) is 0.582. The van der Waals surface area contributed by atoms with Crippen molar-refractivity contribution in [2.24, 2.45) is 0 Å². The third-order valence-corrected chi connectivity index (χ3v) is 4.52. The van der Waals surface area contributed by atoms with Crippen molar-refractivity contribution in [3.63, 3.8) is 0 Å². The second-order valence-electron chi connectivity index (χ2n) is 4.94. The van der Waals surface area contributed by atoms with E-state index in [2.05, 4.69) is 20.4 Å². The van der Waals surface area contributed by atoms with Gasteiger partial charge < -0.3 is 10.3 Å². The SMILES string of the molecule is Fc1ccc(-c2cn3nc(NCc4ccc[nH]4)sc3n2)cc1Cl. The molecule has 0 amide bonds. The van der Waals surface area contributed by atoms with Gasteiger partial charge in [-0.2, -0.15) is 0 Å². The molecule has 0 aliphatic heterocycles. The number of hydrogen-bond acceptors (Lipinski definition) is 4. The Hall–Kier alpha value is -2.38. The lowest BCUT2D eigenvalue weighted by atomic mass is 10.2. The van der Waals surface area contributed by atoms with E-state index < -0.39 is 5.82 Å². The molecule has 23 heavy (non-hydrogen) atoms. The van der Waals surface area contributed by atoms with Gasteiger partial charge in [-0.05, 0) is 30.3 Å². The zero-order chi connectivity index (χ0) is 15.8. The Morgan fingerprint density at radius 3 is 3.00 bits per heavy atom. The van der Waals surface area contributed by atoms with Crippen LogP contribution in [-0.2, 0) is 6.54 Å². The van der Waals surface area contributed by atoms with Gasteiger partial charge in [0.15, 0.2) is 0 Å². The summed E-state index contributed by atoms with van der Waals surface area (Å²) in [4.78, 5) is 8.39. The molecule has 0 saturated heterocycles. The maximum atomic E-state index is 13.2. The van der Waals surface area contributed by atoms with Crippen LogP contribution in [0.2, 0.25) is 5.02 Å². The molecule has 0 saturated carbocycles. The second kappa shape index (κ2) is 5.68. The highest BCUT2D eigenvalue weighted by Crippen LogP contribution is 2.27. The van der Waals surface area contributed by atoms with Crippen molar-refractivity contribution in [1.82, 2.24) is 19.6 Å². The lowest BCUT2D eigenvalue weighted by Gasteiger charge is -1.99. The highest BCUT2D eigenvalue weighted by molar-refractivity contribution is 7.20. The Labute approximate surface area is 139 Å². The van der Waals surface area contributed by atoms with E-state index in [4.69, 9.17) is 11.6 Å². The number of halogens is 2. The molecule has 5 nitrogen and oxygen atoms in total. The first-order chi connectivity index (χ1) is 11.2. The molecule has 116 valence electrons. The minimum atomic E-state index is -0.439. The van der Waals surface area contributed by atoms with E-state index in [-0.39, 0.29) is 5.02 Å². The van der Waals surface area contributed by atoms with Crippen LogP contribution in [0.3, 0.4) is 0 Å². The van der Waals surface area contributed by atoms with Gasteiger partial charge in [-0.3, -0.25) is 0 Å². The summed E-state index contributed by atoms with van der Waals surface area (Å²) >= 11 is 7.27. The highest BCUT2D eigenvalue weighted by Gasteiger charge is 2.11. The number of hydrogen-bond donors (Lipinski definition) is 2. The zero-order valence-electron chi connectivity index (χ0n) is 11.8. The average molecular weight is 348 g/mol. The first-order valence-electron chi connectivity index (χ1n) is 6.87. The lowest BCUT2D eigenvalue weighted by molar-refractivity contribution is 0.628. The van der Waals surface area contributed by atoms with Crippen LogP contribution < -0.4 is 5.32 Å². The topological polar surface area (TPSA) is 58.0 Å². The third kappa shape index (κ3) is 2.80. The summed E-state index contributed by atoms with van der Waals surface area (Å²) in [7, 11) is 0. The summed E-state index contributed by atoms with van der Waals surface area (Å²) in [6.07, 6.45) is 3.68. The standard InChI is InChI=1S/C15H11ClFN5S/c16-11-6-9(3-4-12(11)17)13-8-22-15(20-13)23-14(21-22)19-7-10-2-1-5-18-10/h1-6,8,18H,7H2,(H,19,21). The van der Waals surface area contributed by atoms with E-state index in [0.29, 0.717) is 12.2 Å². The Morgan fingerprint density at radius 1 is 1.35 bits per heavy atom. The molecule has 0 aliphatic carbocycles. The molecule has 0 atom stereocenters. The number of aromatic amines is 1. The van der Waals surface area contributed by atoms with Gasteiger partial charge in [0, 0.05) is 17.5 Å². The number of fused-ring (bicyclic) bond motifs is 1.